The van der Waals surface area contributed by atoms with E-state index in [0.29, 0.717) is 43.8 Å². The second-order valence-corrected chi connectivity index (χ2v) is 7.52. The molecule has 7 nitrogen and oxygen atoms in total. The summed E-state index contributed by atoms with van der Waals surface area (Å²) in [7, 11) is -3.58. The lowest BCUT2D eigenvalue weighted by Crippen LogP contribution is -2.46. The Morgan fingerprint density at radius 2 is 2.00 bits per heavy atom. The van der Waals surface area contributed by atoms with E-state index in [4.69, 9.17) is 4.52 Å². The number of sulfonamides is 1. The molecule has 0 aliphatic carbocycles. The molecule has 1 saturated heterocycles. The average molecular weight is 329 g/mol. The van der Waals surface area contributed by atoms with Crippen molar-refractivity contribution in [2.75, 3.05) is 13.1 Å². The van der Waals surface area contributed by atoms with Crippen LogP contribution in [0.3, 0.4) is 0 Å². The van der Waals surface area contributed by atoms with Crippen LogP contribution in [-0.4, -0.2) is 42.9 Å². The van der Waals surface area contributed by atoms with Crippen molar-refractivity contribution in [3.63, 3.8) is 0 Å². The van der Waals surface area contributed by atoms with Crippen LogP contribution in [0.25, 0.3) is 0 Å². The van der Waals surface area contributed by atoms with E-state index in [1.54, 1.807) is 13.8 Å². The molecule has 0 unspecified atom stereocenters. The van der Waals surface area contributed by atoms with Crippen molar-refractivity contribution in [1.82, 2.24) is 14.8 Å². The first-order valence-corrected chi connectivity index (χ1v) is 9.02. The van der Waals surface area contributed by atoms with Gasteiger partial charge in [-0.25, -0.2) is 8.42 Å². The Hall–Kier alpha value is -1.41. The highest BCUT2D eigenvalue weighted by Gasteiger charge is 2.33. The van der Waals surface area contributed by atoms with Crippen LogP contribution in [0.15, 0.2) is 9.42 Å². The number of nitrogens with zero attached hydrogens (tertiary/aromatic N) is 2. The molecule has 1 aliphatic heterocycles. The molecule has 1 N–H and O–H groups in total. The van der Waals surface area contributed by atoms with Gasteiger partial charge in [-0.3, -0.25) is 4.79 Å². The largest absolute Gasteiger partial charge is 0.360 e. The molecular weight excluding hydrogens is 306 g/mol. The monoisotopic (exact) mass is 329 g/mol. The highest BCUT2D eigenvalue weighted by molar-refractivity contribution is 7.89. The lowest BCUT2D eigenvalue weighted by atomic mass is 10.1. The second kappa shape index (κ2) is 6.78. The molecule has 1 aliphatic rings. The summed E-state index contributed by atoms with van der Waals surface area (Å²) in [4.78, 5) is 11.8. The van der Waals surface area contributed by atoms with E-state index >= 15 is 0 Å². The van der Waals surface area contributed by atoms with Gasteiger partial charge in [0.2, 0.25) is 15.9 Å². The fraction of sp³-hybridized carbons (Fsp3) is 0.714. The number of rotatable bonds is 5. The fourth-order valence-electron chi connectivity index (χ4n) is 2.74. The zero-order valence-electron chi connectivity index (χ0n) is 13.3. The van der Waals surface area contributed by atoms with E-state index in [0.717, 1.165) is 6.42 Å². The van der Waals surface area contributed by atoms with Crippen molar-refractivity contribution in [2.24, 2.45) is 0 Å². The minimum absolute atomic E-state index is 0.0366. The standard InChI is InChI=1S/C14H23N3O4S/c1-4-5-13(18)15-12-6-8-17(9-7-12)22(19,20)14-10(2)16-21-11(14)3/h12H,4-9H2,1-3H3,(H,15,18). The van der Waals surface area contributed by atoms with Crippen molar-refractivity contribution in [1.29, 1.82) is 0 Å². The highest BCUT2D eigenvalue weighted by Crippen LogP contribution is 2.25. The van der Waals surface area contributed by atoms with E-state index in [2.05, 4.69) is 10.5 Å². The van der Waals surface area contributed by atoms with Crippen molar-refractivity contribution >= 4 is 15.9 Å². The lowest BCUT2D eigenvalue weighted by Gasteiger charge is -2.31. The maximum atomic E-state index is 12.7. The number of nitrogens with one attached hydrogen (secondary N) is 1. The molecule has 8 heteroatoms. The van der Waals surface area contributed by atoms with Crippen LogP contribution < -0.4 is 5.32 Å². The van der Waals surface area contributed by atoms with Crippen molar-refractivity contribution in [3.8, 4) is 0 Å². The SMILES string of the molecule is CCCC(=O)NC1CCN(S(=O)(=O)c2c(C)noc2C)CC1. The van der Waals surface area contributed by atoms with Crippen molar-refractivity contribution in [3.05, 3.63) is 11.5 Å². The molecule has 0 saturated carbocycles. The maximum absolute atomic E-state index is 12.7. The first-order chi connectivity index (χ1) is 10.4. The minimum atomic E-state index is -3.58. The van der Waals surface area contributed by atoms with Gasteiger partial charge in [-0.05, 0) is 33.1 Å². The third kappa shape index (κ3) is 3.49. The van der Waals surface area contributed by atoms with Gasteiger partial charge in [-0.15, -0.1) is 0 Å². The molecule has 0 radical (unpaired) electrons. The van der Waals surface area contributed by atoms with Gasteiger partial charge in [-0.2, -0.15) is 4.31 Å². The molecule has 0 bridgehead atoms. The summed E-state index contributed by atoms with van der Waals surface area (Å²) >= 11 is 0. The summed E-state index contributed by atoms with van der Waals surface area (Å²) in [5.41, 5.74) is 0.385. The number of hydrogen-bond donors (Lipinski definition) is 1. The van der Waals surface area contributed by atoms with Crippen LogP contribution in [-0.2, 0) is 14.8 Å². The second-order valence-electron chi connectivity index (χ2n) is 5.65. The number of aryl methyl sites for hydroxylation is 2. The van der Waals surface area contributed by atoms with Gasteiger partial charge in [0.25, 0.3) is 0 Å². The number of aromatic nitrogens is 1. The molecule has 0 spiro atoms. The van der Waals surface area contributed by atoms with Gasteiger partial charge >= 0.3 is 0 Å². The smallest absolute Gasteiger partial charge is 0.248 e. The highest BCUT2D eigenvalue weighted by atomic mass is 32.2. The van der Waals surface area contributed by atoms with Gasteiger partial charge in [-0.1, -0.05) is 12.1 Å². The number of carbonyl (C=O) groups excluding carboxylic acids is 1. The van der Waals surface area contributed by atoms with Gasteiger partial charge < -0.3 is 9.84 Å². The summed E-state index contributed by atoms with van der Waals surface area (Å²) in [5, 5.41) is 6.67. The van der Waals surface area contributed by atoms with Crippen LogP contribution in [0, 0.1) is 13.8 Å². The lowest BCUT2D eigenvalue weighted by molar-refractivity contribution is -0.122. The van der Waals surface area contributed by atoms with E-state index in [-0.39, 0.29) is 16.8 Å². The molecule has 1 amide bonds. The minimum Gasteiger partial charge on any atom is -0.360 e. The zero-order chi connectivity index (χ0) is 16.3. The van der Waals surface area contributed by atoms with Crippen molar-refractivity contribution < 1.29 is 17.7 Å². The van der Waals surface area contributed by atoms with E-state index < -0.39 is 10.0 Å². The van der Waals surface area contributed by atoms with E-state index in [9.17, 15) is 13.2 Å². The summed E-state index contributed by atoms with van der Waals surface area (Å²) in [6, 6.07) is 0.0511. The average Bonchev–Trinajstić information content (AvgIpc) is 2.79. The van der Waals surface area contributed by atoms with E-state index in [1.807, 2.05) is 6.92 Å². The first-order valence-electron chi connectivity index (χ1n) is 7.58. The zero-order valence-corrected chi connectivity index (χ0v) is 14.1. The molecule has 1 aromatic rings. The molecular formula is C14H23N3O4S. The molecule has 0 aromatic carbocycles. The Morgan fingerprint density at radius 1 is 1.36 bits per heavy atom. The molecule has 1 fully saturated rings. The van der Waals surface area contributed by atoms with Gasteiger partial charge in [0.1, 0.15) is 10.6 Å². The van der Waals surface area contributed by atoms with Crippen LogP contribution in [0.4, 0.5) is 0 Å². The predicted octanol–water partition coefficient (Wildman–Crippen LogP) is 1.36. The molecule has 1 aromatic heterocycles. The Morgan fingerprint density at radius 3 is 2.50 bits per heavy atom. The van der Waals surface area contributed by atoms with Gasteiger partial charge in [0.05, 0.1) is 0 Å². The van der Waals surface area contributed by atoms with Crippen molar-refractivity contribution in [2.45, 2.75) is 57.4 Å². The third-order valence-corrected chi connectivity index (χ3v) is 6.01. The molecule has 22 heavy (non-hydrogen) atoms. The van der Waals surface area contributed by atoms with Crippen LogP contribution in [0.2, 0.25) is 0 Å². The predicted molar refractivity (Wildman–Crippen MR) is 80.8 cm³/mol. The summed E-state index contributed by atoms with van der Waals surface area (Å²) in [5.74, 6) is 0.352. The van der Waals surface area contributed by atoms with Crippen LogP contribution >= 0.6 is 0 Å². The number of amides is 1. The molecule has 2 heterocycles. The summed E-state index contributed by atoms with van der Waals surface area (Å²) in [6.45, 7) is 5.97. The van der Waals surface area contributed by atoms with Crippen LogP contribution in [0.1, 0.15) is 44.1 Å². The van der Waals surface area contributed by atoms with E-state index in [1.165, 1.54) is 4.31 Å². The number of piperidine rings is 1. The Bertz CT molecular complexity index is 611. The van der Waals surface area contributed by atoms with Crippen LogP contribution in [0.5, 0.6) is 0 Å². The maximum Gasteiger partial charge on any atom is 0.248 e. The normalized spacial score (nSPS) is 17.6. The summed E-state index contributed by atoms with van der Waals surface area (Å²) in [6.07, 6.45) is 2.57. The van der Waals surface area contributed by atoms with Gasteiger partial charge in [0, 0.05) is 25.6 Å². The number of carbonyl (C=O) groups is 1. The Labute approximate surface area is 131 Å². The molecule has 124 valence electrons. The fourth-order valence-corrected chi connectivity index (χ4v) is 4.50. The first kappa shape index (κ1) is 17.0. The van der Waals surface area contributed by atoms with Gasteiger partial charge in [0.15, 0.2) is 5.76 Å². The molecule has 0 atom stereocenters. The molecule has 2 rings (SSSR count). The Kier molecular flexibility index (Phi) is 5.23. The topological polar surface area (TPSA) is 92.5 Å². The third-order valence-electron chi connectivity index (χ3n) is 3.86. The quantitative estimate of drug-likeness (QED) is 0.880. The number of hydrogen-bond acceptors (Lipinski definition) is 5. The Balaban J connectivity index is 2.01. The summed E-state index contributed by atoms with van der Waals surface area (Å²) < 4.78 is 31.7.